The Bertz CT molecular complexity index is 731. The Balaban J connectivity index is 1.63. The number of piperazine rings is 1. The highest BCUT2D eigenvalue weighted by atomic mass is 32.1. The highest BCUT2D eigenvalue weighted by Crippen LogP contribution is 2.18. The van der Waals surface area contributed by atoms with Gasteiger partial charge in [0.05, 0.1) is 13.1 Å². The van der Waals surface area contributed by atoms with Gasteiger partial charge in [0.2, 0.25) is 11.8 Å². The Morgan fingerprint density at radius 2 is 1.96 bits per heavy atom. The van der Waals surface area contributed by atoms with Crippen LogP contribution in [0.5, 0.6) is 0 Å². The molecule has 0 spiro atoms. The van der Waals surface area contributed by atoms with Crippen molar-refractivity contribution in [3.63, 3.8) is 0 Å². The van der Waals surface area contributed by atoms with Gasteiger partial charge in [0.15, 0.2) is 0 Å². The first-order valence-electron chi connectivity index (χ1n) is 7.96. The van der Waals surface area contributed by atoms with Crippen LogP contribution in [0.25, 0.3) is 0 Å². The monoisotopic (exact) mass is 344 g/mol. The lowest BCUT2D eigenvalue weighted by molar-refractivity contribution is -0.155. The number of nitrogens with zero attached hydrogens (tertiary/aromatic N) is 4. The topological polar surface area (TPSA) is 66.4 Å². The summed E-state index contributed by atoms with van der Waals surface area (Å²) in [5.74, 6) is -0.0465. The summed E-state index contributed by atoms with van der Waals surface area (Å²) in [5.41, 5.74) is 1.16. The van der Waals surface area contributed by atoms with Crippen molar-refractivity contribution in [2.75, 3.05) is 13.1 Å². The first kappa shape index (κ1) is 16.6. The van der Waals surface area contributed by atoms with E-state index in [9.17, 15) is 9.59 Å². The van der Waals surface area contributed by atoms with Crippen molar-refractivity contribution < 1.29 is 9.59 Å². The minimum atomic E-state index is -0.466. The van der Waals surface area contributed by atoms with Gasteiger partial charge >= 0.3 is 0 Å². The molecule has 1 saturated heterocycles. The summed E-state index contributed by atoms with van der Waals surface area (Å²) in [6.07, 6.45) is 0.752. The van der Waals surface area contributed by atoms with E-state index in [1.807, 2.05) is 37.3 Å². The molecule has 0 radical (unpaired) electrons. The normalized spacial score (nSPS) is 18.3. The van der Waals surface area contributed by atoms with Gasteiger partial charge < -0.3 is 9.80 Å². The summed E-state index contributed by atoms with van der Waals surface area (Å²) in [7, 11) is 0. The van der Waals surface area contributed by atoms with Gasteiger partial charge in [-0.15, -0.1) is 10.2 Å². The number of aryl methyl sites for hydroxylation is 1. The molecule has 1 atom stereocenters. The van der Waals surface area contributed by atoms with Gasteiger partial charge in [0.1, 0.15) is 16.1 Å². The van der Waals surface area contributed by atoms with Crippen LogP contribution in [-0.2, 0) is 22.6 Å². The Hall–Kier alpha value is -2.28. The third kappa shape index (κ3) is 3.62. The highest BCUT2D eigenvalue weighted by Gasteiger charge is 2.36. The van der Waals surface area contributed by atoms with Crippen LogP contribution in [0.1, 0.15) is 22.5 Å². The average Bonchev–Trinajstić information content (AvgIpc) is 3.00. The SMILES string of the molecule is Cc1nnc(CN2C(=O)CN(CCc3ccccc3)C(=O)[C@@H]2C)s1. The van der Waals surface area contributed by atoms with Crippen molar-refractivity contribution in [2.45, 2.75) is 32.9 Å². The lowest BCUT2D eigenvalue weighted by Gasteiger charge is -2.38. The van der Waals surface area contributed by atoms with Gasteiger partial charge in [0, 0.05) is 6.54 Å². The predicted molar refractivity (Wildman–Crippen MR) is 91.4 cm³/mol. The molecule has 1 aliphatic heterocycles. The minimum Gasteiger partial charge on any atom is -0.331 e. The van der Waals surface area contributed by atoms with Crippen LogP contribution in [0.2, 0.25) is 0 Å². The predicted octanol–water partition coefficient (Wildman–Crippen LogP) is 1.65. The van der Waals surface area contributed by atoms with Gasteiger partial charge in [-0.25, -0.2) is 0 Å². The molecule has 1 fully saturated rings. The third-order valence-electron chi connectivity index (χ3n) is 4.17. The summed E-state index contributed by atoms with van der Waals surface area (Å²) in [6, 6.07) is 9.52. The number of benzene rings is 1. The molecule has 126 valence electrons. The molecule has 24 heavy (non-hydrogen) atoms. The lowest BCUT2D eigenvalue weighted by atomic mass is 10.1. The highest BCUT2D eigenvalue weighted by molar-refractivity contribution is 7.11. The van der Waals surface area contributed by atoms with E-state index < -0.39 is 6.04 Å². The third-order valence-corrected chi connectivity index (χ3v) is 4.99. The molecule has 7 heteroatoms. The number of carbonyl (C=O) groups excluding carboxylic acids is 2. The van der Waals surface area contributed by atoms with Crippen molar-refractivity contribution in [1.82, 2.24) is 20.0 Å². The first-order valence-corrected chi connectivity index (χ1v) is 8.77. The smallest absolute Gasteiger partial charge is 0.245 e. The van der Waals surface area contributed by atoms with Crippen molar-refractivity contribution in [3.05, 3.63) is 45.9 Å². The Kier molecular flexibility index (Phi) is 4.89. The van der Waals surface area contributed by atoms with Crippen molar-refractivity contribution >= 4 is 23.2 Å². The van der Waals surface area contributed by atoms with Crippen LogP contribution < -0.4 is 0 Å². The maximum absolute atomic E-state index is 12.6. The molecule has 0 bridgehead atoms. The van der Waals surface area contributed by atoms with Crippen molar-refractivity contribution in [2.24, 2.45) is 0 Å². The molecule has 1 aromatic heterocycles. The fraction of sp³-hybridized carbons (Fsp3) is 0.412. The molecule has 2 aromatic rings. The summed E-state index contributed by atoms with van der Waals surface area (Å²) in [4.78, 5) is 28.3. The maximum atomic E-state index is 12.6. The van der Waals surface area contributed by atoms with Crippen LogP contribution in [0.4, 0.5) is 0 Å². The second kappa shape index (κ2) is 7.09. The molecule has 2 heterocycles. The van der Waals surface area contributed by atoms with Crippen LogP contribution in [0, 0.1) is 6.92 Å². The van der Waals surface area contributed by atoms with Gasteiger partial charge in [-0.05, 0) is 25.8 Å². The Labute approximate surface area is 145 Å². The summed E-state index contributed by atoms with van der Waals surface area (Å²) < 4.78 is 0. The fourth-order valence-electron chi connectivity index (χ4n) is 2.82. The van der Waals surface area contributed by atoms with E-state index in [0.717, 1.165) is 22.0 Å². The van der Waals surface area contributed by atoms with Gasteiger partial charge in [-0.2, -0.15) is 0 Å². The number of hydrogen-bond acceptors (Lipinski definition) is 5. The van der Waals surface area contributed by atoms with E-state index in [2.05, 4.69) is 10.2 Å². The molecule has 6 nitrogen and oxygen atoms in total. The first-order chi connectivity index (χ1) is 11.5. The second-order valence-corrected chi connectivity index (χ2v) is 7.17. The molecular formula is C17H20N4O2S. The number of rotatable bonds is 5. The minimum absolute atomic E-state index is 0.00762. The van der Waals surface area contributed by atoms with E-state index in [-0.39, 0.29) is 18.4 Å². The number of amides is 2. The second-order valence-electron chi connectivity index (χ2n) is 5.91. The van der Waals surface area contributed by atoms with Gasteiger partial charge in [-0.1, -0.05) is 41.7 Å². The van der Waals surface area contributed by atoms with Crippen LogP contribution >= 0.6 is 11.3 Å². The summed E-state index contributed by atoms with van der Waals surface area (Å²) >= 11 is 1.45. The van der Waals surface area contributed by atoms with Crippen LogP contribution in [-0.4, -0.2) is 50.9 Å². The van der Waals surface area contributed by atoms with E-state index in [1.165, 1.54) is 11.3 Å². The lowest BCUT2D eigenvalue weighted by Crippen LogP contribution is -2.58. The molecular weight excluding hydrogens is 324 g/mol. The quantitative estimate of drug-likeness (QED) is 0.827. The van der Waals surface area contributed by atoms with Gasteiger partial charge in [-0.3, -0.25) is 9.59 Å². The average molecular weight is 344 g/mol. The zero-order valence-corrected chi connectivity index (χ0v) is 14.6. The zero-order chi connectivity index (χ0) is 17.1. The fourth-order valence-corrected chi connectivity index (χ4v) is 3.52. The van der Waals surface area contributed by atoms with Crippen LogP contribution in [0.15, 0.2) is 30.3 Å². The van der Waals surface area contributed by atoms with E-state index in [0.29, 0.717) is 13.1 Å². The summed E-state index contributed by atoms with van der Waals surface area (Å²) in [6.45, 7) is 4.70. The Morgan fingerprint density at radius 1 is 1.21 bits per heavy atom. The van der Waals surface area contributed by atoms with Crippen molar-refractivity contribution in [1.29, 1.82) is 0 Å². The molecule has 1 aromatic carbocycles. The van der Waals surface area contributed by atoms with E-state index in [4.69, 9.17) is 0 Å². The molecule has 1 aliphatic rings. The largest absolute Gasteiger partial charge is 0.331 e. The Morgan fingerprint density at radius 3 is 2.62 bits per heavy atom. The number of hydrogen-bond donors (Lipinski definition) is 0. The molecule has 3 rings (SSSR count). The zero-order valence-electron chi connectivity index (χ0n) is 13.8. The van der Waals surface area contributed by atoms with Crippen LogP contribution in [0.3, 0.4) is 0 Å². The molecule has 0 N–H and O–H groups in total. The van der Waals surface area contributed by atoms with E-state index in [1.54, 1.807) is 16.7 Å². The molecule has 0 saturated carbocycles. The number of aromatic nitrogens is 2. The molecule has 0 aliphatic carbocycles. The maximum Gasteiger partial charge on any atom is 0.245 e. The molecule has 0 unspecified atom stereocenters. The standard InChI is InChI=1S/C17H20N4O2S/c1-12-17(23)20(9-8-14-6-4-3-5-7-14)11-16(22)21(12)10-15-19-18-13(2)24-15/h3-7,12H,8-11H2,1-2H3/t12-/m0/s1. The van der Waals surface area contributed by atoms with E-state index >= 15 is 0 Å². The number of carbonyl (C=O) groups is 2. The molecule has 2 amide bonds. The van der Waals surface area contributed by atoms with Crippen molar-refractivity contribution in [3.8, 4) is 0 Å². The summed E-state index contributed by atoms with van der Waals surface area (Å²) in [5, 5.41) is 9.63. The van der Waals surface area contributed by atoms with Gasteiger partial charge in [0.25, 0.3) is 0 Å².